The Bertz CT molecular complexity index is 529. The first-order chi connectivity index (χ1) is 6.09. The minimum absolute atomic E-state index is 0.112. The van der Waals surface area contributed by atoms with Crippen LogP contribution in [0.5, 0.6) is 0 Å². The molecule has 0 atom stereocenters. The van der Waals surface area contributed by atoms with E-state index in [0.717, 1.165) is 21.6 Å². The molecule has 0 aliphatic heterocycles. The Morgan fingerprint density at radius 1 is 1.46 bits per heavy atom. The summed E-state index contributed by atoms with van der Waals surface area (Å²) in [7, 11) is 0. The second-order valence-electron chi connectivity index (χ2n) is 2.69. The lowest BCUT2D eigenvalue weighted by molar-refractivity contribution is 1.39. The smallest absolute Gasteiger partial charge is 0.305 e. The third kappa shape index (κ3) is 1.37. The first-order valence-electron chi connectivity index (χ1n) is 3.57. The maximum absolute atomic E-state index is 11.0. The topological polar surface area (TPSA) is 32.9 Å². The average Bonchev–Trinajstić information content (AvgIpc) is 2.42. The molecule has 2 nitrogen and oxygen atoms in total. The van der Waals surface area contributed by atoms with Crippen molar-refractivity contribution in [2.24, 2.45) is 0 Å². The lowest BCUT2D eigenvalue weighted by Gasteiger charge is -2.00. The number of fused-ring (bicyclic) bond motifs is 1. The molecule has 0 unspecified atom stereocenters. The van der Waals surface area contributed by atoms with Crippen molar-refractivity contribution in [2.75, 3.05) is 0 Å². The van der Waals surface area contributed by atoms with Gasteiger partial charge in [-0.3, -0.25) is 4.79 Å². The van der Waals surface area contributed by atoms with Gasteiger partial charge >= 0.3 is 4.87 Å². The molecule has 0 aliphatic carbocycles. The summed E-state index contributed by atoms with van der Waals surface area (Å²) in [6, 6.07) is 1.75. The lowest BCUT2D eigenvalue weighted by atomic mass is 10.2. The molecule has 0 aliphatic rings. The highest BCUT2D eigenvalue weighted by Gasteiger charge is 2.09. The van der Waals surface area contributed by atoms with E-state index in [0.29, 0.717) is 15.6 Å². The summed E-state index contributed by atoms with van der Waals surface area (Å²) in [5, 5.41) is 1.12. The molecular weight excluding hydrogens is 229 g/mol. The van der Waals surface area contributed by atoms with Crippen molar-refractivity contribution in [3.05, 3.63) is 31.3 Å². The number of halogens is 2. The predicted octanol–water partition coefficient (Wildman–Crippen LogP) is 3.20. The van der Waals surface area contributed by atoms with Gasteiger partial charge in [-0.15, -0.1) is 0 Å². The van der Waals surface area contributed by atoms with Crippen molar-refractivity contribution < 1.29 is 0 Å². The Balaban J connectivity index is 3.00. The van der Waals surface area contributed by atoms with Crippen LogP contribution in [0, 0.1) is 6.92 Å². The van der Waals surface area contributed by atoms with Crippen molar-refractivity contribution >= 4 is 44.8 Å². The van der Waals surface area contributed by atoms with E-state index in [4.69, 9.17) is 23.2 Å². The number of nitrogens with one attached hydrogen (secondary N) is 1. The fraction of sp³-hybridized carbons (Fsp3) is 0.125. The highest BCUT2D eigenvalue weighted by molar-refractivity contribution is 7.16. The number of hydrogen-bond donors (Lipinski definition) is 1. The number of rotatable bonds is 0. The number of aromatic nitrogens is 1. The molecule has 0 fully saturated rings. The summed E-state index contributed by atoms with van der Waals surface area (Å²) < 4.78 is 0.797. The highest BCUT2D eigenvalue weighted by Crippen LogP contribution is 2.32. The van der Waals surface area contributed by atoms with Gasteiger partial charge in [-0.25, -0.2) is 0 Å². The summed E-state index contributed by atoms with van der Waals surface area (Å²) in [5.41, 5.74) is 1.48. The molecule has 1 aromatic heterocycles. The van der Waals surface area contributed by atoms with Gasteiger partial charge in [-0.05, 0) is 18.6 Å². The molecule has 2 aromatic rings. The van der Waals surface area contributed by atoms with Gasteiger partial charge < -0.3 is 4.98 Å². The molecule has 2 rings (SSSR count). The Kier molecular flexibility index (Phi) is 2.10. The van der Waals surface area contributed by atoms with Crippen LogP contribution in [0.25, 0.3) is 10.2 Å². The Morgan fingerprint density at radius 2 is 2.15 bits per heavy atom. The minimum Gasteiger partial charge on any atom is -0.311 e. The summed E-state index contributed by atoms with van der Waals surface area (Å²) in [6.07, 6.45) is 0. The van der Waals surface area contributed by atoms with E-state index in [2.05, 4.69) is 4.98 Å². The fourth-order valence-corrected chi connectivity index (χ4v) is 2.53. The monoisotopic (exact) mass is 233 g/mol. The van der Waals surface area contributed by atoms with Gasteiger partial charge in [0, 0.05) is 5.02 Å². The van der Waals surface area contributed by atoms with Crippen molar-refractivity contribution in [1.29, 1.82) is 0 Å². The van der Waals surface area contributed by atoms with Crippen molar-refractivity contribution in [2.45, 2.75) is 6.92 Å². The first-order valence-corrected chi connectivity index (χ1v) is 5.14. The zero-order chi connectivity index (χ0) is 9.59. The van der Waals surface area contributed by atoms with Gasteiger partial charge in [0.05, 0.1) is 15.2 Å². The van der Waals surface area contributed by atoms with Crippen LogP contribution in [0.1, 0.15) is 5.56 Å². The Labute approximate surface area is 88.1 Å². The maximum atomic E-state index is 11.0. The molecule has 0 radical (unpaired) electrons. The molecule has 13 heavy (non-hydrogen) atoms. The quantitative estimate of drug-likeness (QED) is 0.745. The third-order valence-corrected chi connectivity index (χ3v) is 3.54. The van der Waals surface area contributed by atoms with E-state index in [1.165, 1.54) is 0 Å². The summed E-state index contributed by atoms with van der Waals surface area (Å²) >= 11 is 13.0. The van der Waals surface area contributed by atoms with Gasteiger partial charge in [0.1, 0.15) is 0 Å². The molecule has 1 N–H and O–H groups in total. The fourth-order valence-electron chi connectivity index (χ4n) is 1.12. The van der Waals surface area contributed by atoms with Crippen LogP contribution < -0.4 is 4.87 Å². The van der Waals surface area contributed by atoms with Crippen LogP contribution in [-0.2, 0) is 0 Å². The maximum Gasteiger partial charge on any atom is 0.305 e. The number of hydrogen-bond acceptors (Lipinski definition) is 2. The first kappa shape index (κ1) is 9.06. The van der Waals surface area contributed by atoms with Crippen molar-refractivity contribution in [3.63, 3.8) is 0 Å². The van der Waals surface area contributed by atoms with E-state index < -0.39 is 0 Å². The van der Waals surface area contributed by atoms with Gasteiger partial charge in [-0.2, -0.15) is 0 Å². The second-order valence-corrected chi connectivity index (χ2v) is 4.48. The normalized spacial score (nSPS) is 11.0. The molecule has 1 heterocycles. The molecule has 0 saturated heterocycles. The number of H-pyrrole nitrogens is 1. The van der Waals surface area contributed by atoms with Crippen molar-refractivity contribution in [1.82, 2.24) is 4.98 Å². The zero-order valence-electron chi connectivity index (χ0n) is 6.65. The Hall–Kier alpha value is -0.510. The number of aromatic amines is 1. The van der Waals surface area contributed by atoms with Crippen LogP contribution in [-0.4, -0.2) is 4.98 Å². The zero-order valence-corrected chi connectivity index (χ0v) is 8.98. The van der Waals surface area contributed by atoms with Crippen LogP contribution >= 0.6 is 34.5 Å². The number of benzene rings is 1. The SMILES string of the molecule is Cc1c(Cl)cc2sc(=O)[nH]c2c1Cl. The Morgan fingerprint density at radius 3 is 2.85 bits per heavy atom. The molecule has 0 amide bonds. The van der Waals surface area contributed by atoms with Crippen LogP contribution in [0.4, 0.5) is 0 Å². The van der Waals surface area contributed by atoms with Crippen LogP contribution in [0.3, 0.4) is 0 Å². The van der Waals surface area contributed by atoms with Gasteiger partial charge in [0.25, 0.3) is 0 Å². The van der Waals surface area contributed by atoms with Crippen LogP contribution in [0.15, 0.2) is 10.9 Å². The minimum atomic E-state index is -0.112. The molecule has 0 bridgehead atoms. The summed E-state index contributed by atoms with van der Waals surface area (Å²) in [4.78, 5) is 13.6. The molecule has 0 spiro atoms. The average molecular weight is 234 g/mol. The van der Waals surface area contributed by atoms with E-state index in [1.807, 2.05) is 6.92 Å². The molecule has 5 heteroatoms. The van der Waals surface area contributed by atoms with Gasteiger partial charge in [0.2, 0.25) is 0 Å². The molecule has 0 saturated carbocycles. The largest absolute Gasteiger partial charge is 0.311 e. The third-order valence-electron chi connectivity index (χ3n) is 1.84. The molecular formula is C8H5Cl2NOS. The van der Waals surface area contributed by atoms with E-state index in [9.17, 15) is 4.79 Å². The standard InChI is InChI=1S/C8H5Cl2NOS/c1-3-4(9)2-5-7(6(3)10)11-8(12)13-5/h2H,1H3,(H,11,12). The van der Waals surface area contributed by atoms with E-state index in [-0.39, 0.29) is 4.87 Å². The highest BCUT2D eigenvalue weighted by atomic mass is 35.5. The van der Waals surface area contributed by atoms with E-state index >= 15 is 0 Å². The summed E-state index contributed by atoms with van der Waals surface area (Å²) in [6.45, 7) is 1.82. The van der Waals surface area contributed by atoms with Gasteiger partial charge in [0.15, 0.2) is 0 Å². The lowest BCUT2D eigenvalue weighted by Crippen LogP contribution is -1.90. The number of thiazole rings is 1. The van der Waals surface area contributed by atoms with Gasteiger partial charge in [-0.1, -0.05) is 34.5 Å². The molecule has 68 valence electrons. The van der Waals surface area contributed by atoms with E-state index in [1.54, 1.807) is 6.07 Å². The summed E-state index contributed by atoms with van der Waals surface area (Å²) in [5.74, 6) is 0. The van der Waals surface area contributed by atoms with Crippen LogP contribution in [0.2, 0.25) is 10.0 Å². The van der Waals surface area contributed by atoms with Crippen molar-refractivity contribution in [3.8, 4) is 0 Å². The predicted molar refractivity (Wildman–Crippen MR) is 57.2 cm³/mol. The second kappa shape index (κ2) is 3.01. The molecule has 1 aromatic carbocycles.